The standard InChI is InChI=1S/C34H41N5O3Si/c1-22(2)43(23(3)4,24(5)6)20-19-26-27-21-35-34(36-28-17-13-14-18-29(28)42-9)37-31(27)39(25-15-11-10-12-16-25)33(41)30(26)32(40)38(7)8/h10-18,21-24H,1-9H3,(H,35,36,37). The van der Waals surface area contributed by atoms with Crippen molar-refractivity contribution in [3.63, 3.8) is 0 Å². The third kappa shape index (κ3) is 5.93. The molecule has 43 heavy (non-hydrogen) atoms. The van der Waals surface area contributed by atoms with Gasteiger partial charge in [-0.2, -0.15) is 4.98 Å². The second kappa shape index (κ2) is 12.8. The first kappa shape index (κ1) is 31.5. The Morgan fingerprint density at radius 1 is 0.953 bits per heavy atom. The lowest BCUT2D eigenvalue weighted by molar-refractivity contribution is 0.0825. The van der Waals surface area contributed by atoms with E-state index in [1.165, 1.54) is 9.47 Å². The van der Waals surface area contributed by atoms with Gasteiger partial charge in [0.05, 0.1) is 29.4 Å². The van der Waals surface area contributed by atoms with Crippen molar-refractivity contribution in [3.8, 4) is 22.9 Å². The fourth-order valence-corrected chi connectivity index (χ4v) is 11.3. The molecule has 2 heterocycles. The monoisotopic (exact) mass is 595 g/mol. The van der Waals surface area contributed by atoms with Crippen LogP contribution in [0, 0.1) is 11.5 Å². The minimum atomic E-state index is -2.21. The van der Waals surface area contributed by atoms with Gasteiger partial charge in [-0.05, 0) is 40.9 Å². The number of nitrogens with zero attached hydrogens (tertiary/aromatic N) is 4. The van der Waals surface area contributed by atoms with Crippen molar-refractivity contribution in [1.82, 2.24) is 19.4 Å². The fraction of sp³-hybridized carbons (Fsp3) is 0.353. The summed E-state index contributed by atoms with van der Waals surface area (Å²) in [5.41, 5.74) is 6.36. The second-order valence-corrected chi connectivity index (χ2v) is 17.4. The molecule has 0 bridgehead atoms. The summed E-state index contributed by atoms with van der Waals surface area (Å²) in [6.45, 7) is 13.4. The molecule has 9 heteroatoms. The van der Waals surface area contributed by atoms with Gasteiger partial charge in [0, 0.05) is 20.3 Å². The zero-order valence-electron chi connectivity index (χ0n) is 26.5. The average molecular weight is 596 g/mol. The molecule has 0 unspecified atom stereocenters. The first-order valence-corrected chi connectivity index (χ1v) is 16.8. The lowest BCUT2D eigenvalue weighted by Crippen LogP contribution is -2.43. The molecule has 2 aromatic heterocycles. The fourth-order valence-electron chi connectivity index (χ4n) is 6.07. The van der Waals surface area contributed by atoms with E-state index in [0.29, 0.717) is 50.3 Å². The van der Waals surface area contributed by atoms with Crippen molar-refractivity contribution in [2.45, 2.75) is 58.2 Å². The molecule has 0 spiro atoms. The molecule has 0 saturated heterocycles. The molecule has 0 atom stereocenters. The van der Waals surface area contributed by atoms with Crippen LogP contribution in [0.25, 0.3) is 16.7 Å². The lowest BCUT2D eigenvalue weighted by Gasteiger charge is -2.38. The summed E-state index contributed by atoms with van der Waals surface area (Å²) in [5, 5.41) is 3.76. The molecule has 224 valence electrons. The number of rotatable bonds is 8. The van der Waals surface area contributed by atoms with Gasteiger partial charge in [-0.15, -0.1) is 5.54 Å². The minimum absolute atomic E-state index is 0.0158. The summed E-state index contributed by atoms with van der Waals surface area (Å²) in [4.78, 5) is 39.0. The molecule has 0 radical (unpaired) electrons. The number of anilines is 2. The number of carbonyl (C=O) groups excluding carboxylic acids is 1. The Labute approximate surface area is 255 Å². The van der Waals surface area contributed by atoms with Crippen LogP contribution in [-0.4, -0.2) is 54.6 Å². The molecule has 0 aliphatic carbocycles. The number of para-hydroxylation sites is 3. The van der Waals surface area contributed by atoms with E-state index in [2.05, 4.69) is 63.3 Å². The molecule has 4 rings (SSSR count). The van der Waals surface area contributed by atoms with Crippen LogP contribution in [-0.2, 0) is 0 Å². The van der Waals surface area contributed by atoms with E-state index in [0.717, 1.165) is 0 Å². The van der Waals surface area contributed by atoms with Gasteiger partial charge in [0.1, 0.15) is 19.4 Å². The van der Waals surface area contributed by atoms with Crippen molar-refractivity contribution in [2.24, 2.45) is 0 Å². The Balaban J connectivity index is 2.13. The maximum atomic E-state index is 14.4. The average Bonchev–Trinajstić information content (AvgIpc) is 2.97. The Hall–Kier alpha value is -4.42. The number of fused-ring (bicyclic) bond motifs is 1. The summed E-state index contributed by atoms with van der Waals surface area (Å²) in [6.07, 6.45) is 1.65. The molecule has 1 N–H and O–H groups in total. The smallest absolute Gasteiger partial charge is 0.270 e. The van der Waals surface area contributed by atoms with Crippen molar-refractivity contribution in [1.29, 1.82) is 0 Å². The predicted octanol–water partition coefficient (Wildman–Crippen LogP) is 6.80. The van der Waals surface area contributed by atoms with Crippen molar-refractivity contribution in [2.75, 3.05) is 26.5 Å². The van der Waals surface area contributed by atoms with Crippen LogP contribution in [0.15, 0.2) is 65.6 Å². The molecule has 4 aromatic rings. The molecular formula is C34H41N5O3Si. The number of hydrogen-bond acceptors (Lipinski definition) is 6. The maximum Gasteiger partial charge on any atom is 0.270 e. The Morgan fingerprint density at radius 2 is 1.56 bits per heavy atom. The summed E-state index contributed by atoms with van der Waals surface area (Å²) in [7, 11) is 2.67. The quantitative estimate of drug-likeness (QED) is 0.178. The van der Waals surface area contributed by atoms with Gasteiger partial charge in [-0.25, -0.2) is 4.98 Å². The van der Waals surface area contributed by atoms with E-state index >= 15 is 0 Å². The molecule has 0 aliphatic rings. The summed E-state index contributed by atoms with van der Waals surface area (Å²) in [6, 6.07) is 16.7. The number of hydrogen-bond donors (Lipinski definition) is 1. The summed E-state index contributed by atoms with van der Waals surface area (Å²) >= 11 is 0. The highest BCUT2D eigenvalue weighted by molar-refractivity contribution is 6.90. The minimum Gasteiger partial charge on any atom is -0.495 e. The van der Waals surface area contributed by atoms with E-state index < -0.39 is 19.5 Å². The molecule has 0 fully saturated rings. The van der Waals surface area contributed by atoms with Crippen LogP contribution >= 0.6 is 0 Å². The third-order valence-corrected chi connectivity index (χ3v) is 14.5. The van der Waals surface area contributed by atoms with Gasteiger partial charge in [0.25, 0.3) is 11.5 Å². The van der Waals surface area contributed by atoms with Gasteiger partial charge < -0.3 is 15.0 Å². The highest BCUT2D eigenvalue weighted by Gasteiger charge is 2.42. The molecule has 1 amide bonds. The van der Waals surface area contributed by atoms with E-state index in [4.69, 9.17) is 9.72 Å². The first-order valence-electron chi connectivity index (χ1n) is 14.6. The van der Waals surface area contributed by atoms with Crippen LogP contribution in [0.2, 0.25) is 16.6 Å². The second-order valence-electron chi connectivity index (χ2n) is 11.8. The number of aromatic nitrogens is 3. The number of methoxy groups -OCH3 is 1. The normalized spacial score (nSPS) is 11.5. The topological polar surface area (TPSA) is 89.4 Å². The van der Waals surface area contributed by atoms with E-state index in [9.17, 15) is 9.59 Å². The number of amides is 1. The Morgan fingerprint density at radius 3 is 2.14 bits per heavy atom. The summed E-state index contributed by atoms with van der Waals surface area (Å²) < 4.78 is 6.97. The van der Waals surface area contributed by atoms with Gasteiger partial charge in [0.2, 0.25) is 5.95 Å². The highest BCUT2D eigenvalue weighted by atomic mass is 28.3. The van der Waals surface area contributed by atoms with Gasteiger partial charge >= 0.3 is 0 Å². The van der Waals surface area contributed by atoms with Gasteiger partial charge in [0.15, 0.2) is 5.65 Å². The van der Waals surface area contributed by atoms with Crippen LogP contribution in [0.5, 0.6) is 5.75 Å². The summed E-state index contributed by atoms with van der Waals surface area (Å²) in [5.74, 6) is 3.91. The molecule has 2 aromatic carbocycles. The van der Waals surface area contributed by atoms with Crippen LogP contribution in [0.3, 0.4) is 0 Å². The molecule has 8 nitrogen and oxygen atoms in total. The molecular weight excluding hydrogens is 554 g/mol. The Bertz CT molecular complexity index is 1730. The first-order chi connectivity index (χ1) is 20.4. The van der Waals surface area contributed by atoms with E-state index in [1.807, 2.05) is 54.6 Å². The van der Waals surface area contributed by atoms with Crippen molar-refractivity contribution >= 4 is 36.7 Å². The van der Waals surface area contributed by atoms with Crippen molar-refractivity contribution in [3.05, 3.63) is 82.3 Å². The lowest BCUT2D eigenvalue weighted by atomic mass is 10.0. The largest absolute Gasteiger partial charge is 0.495 e. The Kier molecular flexibility index (Phi) is 9.41. The molecule has 0 aliphatic heterocycles. The number of carbonyl (C=O) groups is 1. The van der Waals surface area contributed by atoms with Crippen LogP contribution in [0.1, 0.15) is 57.5 Å². The number of pyridine rings is 1. The molecule has 0 saturated carbocycles. The number of benzene rings is 2. The SMILES string of the molecule is COc1ccccc1Nc1ncc2c(C#C[Si](C(C)C)(C(C)C)C(C)C)c(C(=O)N(C)C)c(=O)n(-c3ccccc3)c2n1. The van der Waals surface area contributed by atoms with Gasteiger partial charge in [-0.1, -0.05) is 77.8 Å². The zero-order chi connectivity index (χ0) is 31.5. The van der Waals surface area contributed by atoms with E-state index in [1.54, 1.807) is 27.4 Å². The number of nitrogens with one attached hydrogen (secondary N) is 1. The van der Waals surface area contributed by atoms with Crippen LogP contribution < -0.4 is 15.6 Å². The predicted molar refractivity (Wildman–Crippen MR) is 177 cm³/mol. The van der Waals surface area contributed by atoms with E-state index in [-0.39, 0.29) is 11.5 Å². The van der Waals surface area contributed by atoms with Crippen LogP contribution in [0.4, 0.5) is 11.6 Å². The van der Waals surface area contributed by atoms with Crippen molar-refractivity contribution < 1.29 is 9.53 Å². The highest BCUT2D eigenvalue weighted by Crippen LogP contribution is 2.41. The third-order valence-electron chi connectivity index (χ3n) is 8.17. The number of ether oxygens (including phenoxy) is 1. The zero-order valence-corrected chi connectivity index (χ0v) is 27.5. The maximum absolute atomic E-state index is 14.4. The van der Waals surface area contributed by atoms with Gasteiger partial charge in [-0.3, -0.25) is 14.2 Å².